The van der Waals surface area contributed by atoms with Gasteiger partial charge >= 0.3 is 6.09 Å². The smallest absolute Gasteiger partial charge is 0.409 e. The molecule has 0 bridgehead atoms. The maximum atomic E-state index is 12.0. The zero-order valence-corrected chi connectivity index (χ0v) is 13.1. The van der Waals surface area contributed by atoms with Gasteiger partial charge in [0.25, 0.3) is 0 Å². The minimum absolute atomic E-state index is 0.172. The van der Waals surface area contributed by atoms with Gasteiger partial charge in [-0.25, -0.2) is 4.79 Å². The molecule has 0 aromatic rings. The molecule has 0 atom stereocenters. The Morgan fingerprint density at radius 1 is 0.900 bits per heavy atom. The lowest BCUT2D eigenvalue weighted by atomic mass is 10.2. The number of ether oxygens (including phenoxy) is 1. The SMILES string of the molecule is CCCCOC(=O)N(CCCCN)CCCCCCN. The molecule has 4 N–H and O–H groups in total. The van der Waals surface area contributed by atoms with Crippen LogP contribution in [0.15, 0.2) is 0 Å². The zero-order chi connectivity index (χ0) is 15.1. The third-order valence-electron chi connectivity index (χ3n) is 3.25. The van der Waals surface area contributed by atoms with Gasteiger partial charge in [0.05, 0.1) is 6.61 Å². The van der Waals surface area contributed by atoms with Gasteiger partial charge in [0, 0.05) is 13.1 Å². The van der Waals surface area contributed by atoms with Gasteiger partial charge in [0.15, 0.2) is 0 Å². The molecular formula is C15H33N3O2. The molecule has 0 aromatic heterocycles. The Bertz CT molecular complexity index is 225. The van der Waals surface area contributed by atoms with Gasteiger partial charge in [-0.15, -0.1) is 0 Å². The van der Waals surface area contributed by atoms with Crippen molar-refractivity contribution in [1.29, 1.82) is 0 Å². The first kappa shape index (κ1) is 19.2. The van der Waals surface area contributed by atoms with Crippen LogP contribution in [0.5, 0.6) is 0 Å². The van der Waals surface area contributed by atoms with Crippen molar-refractivity contribution < 1.29 is 9.53 Å². The van der Waals surface area contributed by atoms with Crippen LogP contribution in [-0.2, 0) is 4.74 Å². The molecule has 120 valence electrons. The Morgan fingerprint density at radius 2 is 1.45 bits per heavy atom. The monoisotopic (exact) mass is 287 g/mol. The van der Waals surface area contributed by atoms with Crippen LogP contribution in [0, 0.1) is 0 Å². The van der Waals surface area contributed by atoms with E-state index in [1.54, 1.807) is 0 Å². The summed E-state index contributed by atoms with van der Waals surface area (Å²) in [6, 6.07) is 0. The third kappa shape index (κ3) is 11.1. The van der Waals surface area contributed by atoms with Crippen molar-refractivity contribution in [2.24, 2.45) is 11.5 Å². The first-order valence-electron chi connectivity index (χ1n) is 8.08. The van der Waals surface area contributed by atoms with Crippen molar-refractivity contribution in [2.75, 3.05) is 32.8 Å². The van der Waals surface area contributed by atoms with E-state index in [0.29, 0.717) is 13.2 Å². The fourth-order valence-electron chi connectivity index (χ4n) is 1.94. The van der Waals surface area contributed by atoms with Gasteiger partial charge in [0.1, 0.15) is 0 Å². The predicted molar refractivity (Wildman–Crippen MR) is 83.6 cm³/mol. The van der Waals surface area contributed by atoms with E-state index in [0.717, 1.165) is 71.0 Å². The highest BCUT2D eigenvalue weighted by atomic mass is 16.6. The quantitative estimate of drug-likeness (QED) is 0.510. The van der Waals surface area contributed by atoms with Gasteiger partial charge in [0.2, 0.25) is 0 Å². The molecule has 0 heterocycles. The number of unbranched alkanes of at least 4 members (excludes halogenated alkanes) is 5. The van der Waals surface area contributed by atoms with Crippen molar-refractivity contribution in [2.45, 2.75) is 58.3 Å². The third-order valence-corrected chi connectivity index (χ3v) is 3.25. The van der Waals surface area contributed by atoms with E-state index >= 15 is 0 Å². The zero-order valence-electron chi connectivity index (χ0n) is 13.1. The largest absolute Gasteiger partial charge is 0.449 e. The van der Waals surface area contributed by atoms with E-state index < -0.39 is 0 Å². The molecule has 0 aliphatic carbocycles. The summed E-state index contributed by atoms with van der Waals surface area (Å²) in [4.78, 5) is 13.8. The Balaban J connectivity index is 3.94. The van der Waals surface area contributed by atoms with Crippen molar-refractivity contribution in [3.8, 4) is 0 Å². The van der Waals surface area contributed by atoms with Crippen LogP contribution in [0.1, 0.15) is 58.3 Å². The standard InChI is InChI=1S/C15H33N3O2/c1-2-3-14-20-15(19)18(13-9-7-11-17)12-8-5-4-6-10-16/h2-14,16-17H2,1H3. The van der Waals surface area contributed by atoms with E-state index in [9.17, 15) is 4.79 Å². The minimum atomic E-state index is -0.172. The summed E-state index contributed by atoms with van der Waals surface area (Å²) in [5.74, 6) is 0. The number of hydrogen-bond donors (Lipinski definition) is 2. The van der Waals surface area contributed by atoms with Gasteiger partial charge in [-0.3, -0.25) is 0 Å². The van der Waals surface area contributed by atoms with E-state index in [1.165, 1.54) is 0 Å². The fraction of sp³-hybridized carbons (Fsp3) is 0.933. The predicted octanol–water partition coefficient (Wildman–Crippen LogP) is 2.48. The molecule has 0 radical (unpaired) electrons. The Labute approximate surface area is 124 Å². The van der Waals surface area contributed by atoms with Crippen molar-refractivity contribution in [1.82, 2.24) is 4.90 Å². The summed E-state index contributed by atoms with van der Waals surface area (Å²) in [5, 5.41) is 0. The van der Waals surface area contributed by atoms with Crippen molar-refractivity contribution in [3.05, 3.63) is 0 Å². The molecular weight excluding hydrogens is 254 g/mol. The lowest BCUT2D eigenvalue weighted by Crippen LogP contribution is -2.34. The molecule has 0 spiro atoms. The maximum Gasteiger partial charge on any atom is 0.409 e. The fourth-order valence-corrected chi connectivity index (χ4v) is 1.94. The van der Waals surface area contributed by atoms with E-state index in [2.05, 4.69) is 6.92 Å². The van der Waals surface area contributed by atoms with E-state index in [1.807, 2.05) is 4.90 Å². The maximum absolute atomic E-state index is 12.0. The number of nitrogens with zero attached hydrogens (tertiary/aromatic N) is 1. The summed E-state index contributed by atoms with van der Waals surface area (Å²) in [7, 11) is 0. The lowest BCUT2D eigenvalue weighted by Gasteiger charge is -2.22. The second kappa shape index (κ2) is 14.6. The highest BCUT2D eigenvalue weighted by molar-refractivity contribution is 5.67. The molecule has 0 fully saturated rings. The number of rotatable bonds is 13. The number of nitrogens with two attached hydrogens (primary N) is 2. The minimum Gasteiger partial charge on any atom is -0.449 e. The second-order valence-corrected chi connectivity index (χ2v) is 5.15. The van der Waals surface area contributed by atoms with Crippen LogP contribution in [-0.4, -0.2) is 43.8 Å². The van der Waals surface area contributed by atoms with Gasteiger partial charge < -0.3 is 21.1 Å². The first-order valence-corrected chi connectivity index (χ1v) is 8.08. The van der Waals surface area contributed by atoms with Crippen LogP contribution in [0.2, 0.25) is 0 Å². The normalized spacial score (nSPS) is 10.6. The van der Waals surface area contributed by atoms with Crippen molar-refractivity contribution in [3.63, 3.8) is 0 Å². The molecule has 0 unspecified atom stereocenters. The van der Waals surface area contributed by atoms with E-state index in [4.69, 9.17) is 16.2 Å². The first-order chi connectivity index (χ1) is 9.76. The Kier molecular flexibility index (Phi) is 14.0. The number of hydrogen-bond acceptors (Lipinski definition) is 4. The molecule has 0 aliphatic rings. The van der Waals surface area contributed by atoms with Crippen LogP contribution in [0.3, 0.4) is 0 Å². The van der Waals surface area contributed by atoms with Crippen LogP contribution in [0.4, 0.5) is 4.79 Å². The molecule has 0 rings (SSSR count). The van der Waals surface area contributed by atoms with E-state index in [-0.39, 0.29) is 6.09 Å². The highest BCUT2D eigenvalue weighted by Gasteiger charge is 2.13. The lowest BCUT2D eigenvalue weighted by molar-refractivity contribution is 0.0996. The molecule has 0 aliphatic heterocycles. The topological polar surface area (TPSA) is 81.6 Å². The summed E-state index contributed by atoms with van der Waals surface area (Å²) < 4.78 is 5.29. The van der Waals surface area contributed by atoms with Gasteiger partial charge in [-0.05, 0) is 45.2 Å². The summed E-state index contributed by atoms with van der Waals surface area (Å²) in [6.45, 7) is 5.56. The summed E-state index contributed by atoms with van der Waals surface area (Å²) in [6.07, 6.45) is 8.03. The second-order valence-electron chi connectivity index (χ2n) is 5.15. The molecule has 5 heteroatoms. The average Bonchev–Trinajstić information content (AvgIpc) is 2.45. The number of amides is 1. The van der Waals surface area contributed by atoms with Gasteiger partial charge in [-0.1, -0.05) is 26.2 Å². The molecule has 0 aromatic carbocycles. The molecule has 0 saturated carbocycles. The molecule has 0 saturated heterocycles. The van der Waals surface area contributed by atoms with Crippen LogP contribution in [0.25, 0.3) is 0 Å². The number of carbonyl (C=O) groups excluding carboxylic acids is 1. The van der Waals surface area contributed by atoms with Crippen LogP contribution >= 0.6 is 0 Å². The molecule has 1 amide bonds. The number of carbonyl (C=O) groups is 1. The van der Waals surface area contributed by atoms with Crippen molar-refractivity contribution >= 4 is 6.09 Å². The van der Waals surface area contributed by atoms with Gasteiger partial charge in [-0.2, -0.15) is 0 Å². The highest BCUT2D eigenvalue weighted by Crippen LogP contribution is 2.05. The summed E-state index contributed by atoms with van der Waals surface area (Å²) in [5.41, 5.74) is 11.0. The average molecular weight is 287 g/mol. The Hall–Kier alpha value is -0.810. The molecule has 5 nitrogen and oxygen atoms in total. The molecule has 20 heavy (non-hydrogen) atoms. The Morgan fingerprint density at radius 3 is 2.05 bits per heavy atom. The van der Waals surface area contributed by atoms with Crippen LogP contribution < -0.4 is 11.5 Å². The summed E-state index contributed by atoms with van der Waals surface area (Å²) >= 11 is 0.